The number of rotatable bonds is 2. The van der Waals surface area contributed by atoms with Gasteiger partial charge < -0.3 is 20.1 Å². The van der Waals surface area contributed by atoms with Gasteiger partial charge in [-0.2, -0.15) is 0 Å². The first kappa shape index (κ1) is 16.6. The first-order chi connectivity index (χ1) is 9.46. The molecule has 20 heavy (non-hydrogen) atoms. The van der Waals surface area contributed by atoms with E-state index in [-0.39, 0.29) is 8.61 Å². The van der Waals surface area contributed by atoms with Crippen molar-refractivity contribution >= 4 is 8.61 Å². The minimum atomic E-state index is -1.35. The molecule has 0 spiro atoms. The van der Waals surface area contributed by atoms with Crippen LogP contribution in [0.15, 0.2) is 21.9 Å². The molecule has 0 aromatic carbocycles. The SMILES string of the molecule is NP=O.O=c1ccn([C@@H]2O[C@H](CO)[C@@H](O)[C@H]2O)c(=O)[nH]1. The Balaban J connectivity index is 0.000000612. The molecule has 0 aliphatic carbocycles. The van der Waals surface area contributed by atoms with E-state index in [1.807, 2.05) is 4.98 Å². The molecule has 11 heteroatoms. The van der Waals surface area contributed by atoms with Gasteiger partial charge in [0.2, 0.25) is 8.61 Å². The average molecular weight is 307 g/mol. The first-order valence-corrected chi connectivity index (χ1v) is 6.30. The van der Waals surface area contributed by atoms with Gasteiger partial charge >= 0.3 is 5.69 Å². The van der Waals surface area contributed by atoms with Crippen LogP contribution in [0.3, 0.4) is 0 Å². The molecule has 10 nitrogen and oxygen atoms in total. The lowest BCUT2D eigenvalue weighted by atomic mass is 10.1. The van der Waals surface area contributed by atoms with Gasteiger partial charge in [-0.05, 0) is 0 Å². The number of nitrogens with two attached hydrogens (primary N) is 1. The van der Waals surface area contributed by atoms with Crippen LogP contribution >= 0.6 is 8.61 Å². The second-order valence-electron chi connectivity index (χ2n) is 3.85. The number of aromatic nitrogens is 2. The van der Waals surface area contributed by atoms with Crippen LogP contribution in [0, 0.1) is 0 Å². The third-order valence-corrected chi connectivity index (χ3v) is 2.64. The number of nitrogens with one attached hydrogen (secondary N) is 1. The lowest BCUT2D eigenvalue weighted by Gasteiger charge is -2.16. The molecular weight excluding hydrogens is 293 g/mol. The van der Waals surface area contributed by atoms with Crippen molar-refractivity contribution < 1.29 is 24.6 Å². The Morgan fingerprint density at radius 2 is 2.00 bits per heavy atom. The average Bonchev–Trinajstić information content (AvgIpc) is 2.67. The molecule has 0 unspecified atom stereocenters. The predicted molar refractivity (Wildman–Crippen MR) is 66.1 cm³/mol. The predicted octanol–water partition coefficient (Wildman–Crippen LogP) is -2.70. The van der Waals surface area contributed by atoms with Gasteiger partial charge in [0.1, 0.15) is 18.3 Å². The van der Waals surface area contributed by atoms with Crippen LogP contribution in [0.4, 0.5) is 0 Å². The van der Waals surface area contributed by atoms with Crippen LogP contribution in [0.25, 0.3) is 0 Å². The van der Waals surface area contributed by atoms with Gasteiger partial charge in [-0.1, -0.05) is 0 Å². The fourth-order valence-electron chi connectivity index (χ4n) is 1.74. The topological polar surface area (TPSA) is 168 Å². The van der Waals surface area contributed by atoms with Gasteiger partial charge in [-0.15, -0.1) is 0 Å². The van der Waals surface area contributed by atoms with Gasteiger partial charge in [-0.25, -0.2) is 4.79 Å². The maximum Gasteiger partial charge on any atom is 0.330 e. The molecule has 0 radical (unpaired) electrons. The number of hydrogen-bond donors (Lipinski definition) is 5. The third-order valence-electron chi connectivity index (χ3n) is 2.64. The van der Waals surface area contributed by atoms with E-state index in [9.17, 15) is 19.8 Å². The number of nitrogens with zero attached hydrogens (tertiary/aromatic N) is 1. The summed E-state index contributed by atoms with van der Waals surface area (Å²) in [5.41, 5.74) is 2.94. The first-order valence-electron chi connectivity index (χ1n) is 5.42. The summed E-state index contributed by atoms with van der Waals surface area (Å²) in [6.45, 7) is -0.479. The maximum atomic E-state index is 11.4. The molecule has 0 bridgehead atoms. The Hall–Kier alpha value is -1.42. The summed E-state index contributed by atoms with van der Waals surface area (Å²) in [5.74, 6) is 0. The van der Waals surface area contributed by atoms with E-state index in [1.165, 1.54) is 0 Å². The molecule has 1 aromatic heterocycles. The normalized spacial score (nSPS) is 29.0. The summed E-state index contributed by atoms with van der Waals surface area (Å²) >= 11 is 0. The van der Waals surface area contributed by atoms with Crippen molar-refractivity contribution in [2.45, 2.75) is 24.5 Å². The molecule has 1 aliphatic rings. The zero-order valence-corrected chi connectivity index (χ0v) is 11.0. The van der Waals surface area contributed by atoms with Gasteiger partial charge in [0.05, 0.1) is 6.61 Å². The van der Waals surface area contributed by atoms with Crippen LogP contribution in [-0.2, 0) is 9.30 Å². The lowest BCUT2D eigenvalue weighted by Crippen LogP contribution is -2.37. The number of ether oxygens (including phenoxy) is 1. The van der Waals surface area contributed by atoms with Gasteiger partial charge in [0.25, 0.3) is 5.56 Å². The van der Waals surface area contributed by atoms with Crippen LogP contribution in [0.2, 0.25) is 0 Å². The monoisotopic (exact) mass is 307 g/mol. The molecule has 0 saturated carbocycles. The van der Waals surface area contributed by atoms with Crippen LogP contribution in [-0.4, -0.2) is 49.8 Å². The number of aliphatic hydroxyl groups is 3. The summed E-state index contributed by atoms with van der Waals surface area (Å²) in [7, 11) is -0.333. The standard InChI is InChI=1S/C9H12N2O6.H2NOP/c12-3-4-6(14)7(15)8(17-4)11-2-1-5(13)10-9(11)16;1-3-2/h1-2,4,6-8,12,14-15H,3H2,(H,10,13,16);(H2,1,2)/t4-,6-,7-,8-;/m1./s1. The van der Waals surface area contributed by atoms with E-state index in [4.69, 9.17) is 14.4 Å². The lowest BCUT2D eigenvalue weighted by molar-refractivity contribution is -0.0550. The maximum absolute atomic E-state index is 11.4. The smallest absolute Gasteiger partial charge is 0.330 e. The van der Waals surface area contributed by atoms with E-state index in [0.717, 1.165) is 16.8 Å². The Bertz CT molecular complexity index is 559. The van der Waals surface area contributed by atoms with E-state index in [1.54, 1.807) is 0 Å². The van der Waals surface area contributed by atoms with Crippen molar-refractivity contribution in [3.63, 3.8) is 0 Å². The van der Waals surface area contributed by atoms with Crippen molar-refractivity contribution in [1.29, 1.82) is 0 Å². The van der Waals surface area contributed by atoms with E-state index in [0.29, 0.717) is 0 Å². The molecule has 6 N–H and O–H groups in total. The Labute approximate surface area is 113 Å². The highest BCUT2D eigenvalue weighted by Crippen LogP contribution is 2.27. The Kier molecular flexibility index (Phi) is 6.14. The van der Waals surface area contributed by atoms with E-state index < -0.39 is 42.4 Å². The van der Waals surface area contributed by atoms with Crippen molar-refractivity contribution in [2.75, 3.05) is 6.61 Å². The highest BCUT2D eigenvalue weighted by molar-refractivity contribution is 7.20. The summed E-state index contributed by atoms with van der Waals surface area (Å²) in [4.78, 5) is 24.3. The van der Waals surface area contributed by atoms with Crippen molar-refractivity contribution in [3.05, 3.63) is 33.1 Å². The zero-order chi connectivity index (χ0) is 15.3. The fourth-order valence-corrected chi connectivity index (χ4v) is 1.74. The number of hydrogen-bond acceptors (Lipinski definition) is 7. The number of H-pyrrole nitrogens is 1. The minimum Gasteiger partial charge on any atom is -0.394 e. The van der Waals surface area contributed by atoms with Gasteiger partial charge in [-0.3, -0.25) is 24.4 Å². The molecule has 1 fully saturated rings. The summed E-state index contributed by atoms with van der Waals surface area (Å²) in [5, 5.41) is 28.1. The third kappa shape index (κ3) is 3.57. The molecule has 0 amide bonds. The second-order valence-corrected chi connectivity index (χ2v) is 4.06. The van der Waals surface area contributed by atoms with Crippen molar-refractivity contribution in [3.8, 4) is 0 Å². The zero-order valence-electron chi connectivity index (χ0n) is 10.1. The quantitative estimate of drug-likeness (QED) is 0.368. The fraction of sp³-hybridized carbons (Fsp3) is 0.556. The van der Waals surface area contributed by atoms with Crippen LogP contribution in [0.1, 0.15) is 6.23 Å². The Morgan fingerprint density at radius 1 is 1.40 bits per heavy atom. The van der Waals surface area contributed by atoms with Gasteiger partial charge in [0, 0.05) is 12.3 Å². The molecule has 112 valence electrons. The highest BCUT2D eigenvalue weighted by Gasteiger charge is 2.43. The molecule has 1 saturated heterocycles. The minimum absolute atomic E-state index is 0.333. The van der Waals surface area contributed by atoms with Crippen LogP contribution < -0.4 is 16.8 Å². The highest BCUT2D eigenvalue weighted by atomic mass is 31.1. The Morgan fingerprint density at radius 3 is 2.45 bits per heavy atom. The van der Waals surface area contributed by atoms with Gasteiger partial charge in [0.15, 0.2) is 6.23 Å². The molecule has 2 rings (SSSR count). The van der Waals surface area contributed by atoms with E-state index in [2.05, 4.69) is 5.50 Å². The molecule has 1 aliphatic heterocycles. The molecule has 1 aromatic rings. The summed E-state index contributed by atoms with van der Waals surface area (Å²) < 4.78 is 14.8. The second kappa shape index (κ2) is 7.39. The van der Waals surface area contributed by atoms with Crippen molar-refractivity contribution in [2.24, 2.45) is 5.50 Å². The molecule has 2 heterocycles. The molecular formula is C9H14N3O7P. The largest absolute Gasteiger partial charge is 0.394 e. The van der Waals surface area contributed by atoms with Crippen molar-refractivity contribution in [1.82, 2.24) is 9.55 Å². The number of aliphatic hydroxyl groups excluding tert-OH is 3. The molecule has 4 atom stereocenters. The van der Waals surface area contributed by atoms with E-state index >= 15 is 0 Å². The summed E-state index contributed by atoms with van der Waals surface area (Å²) in [6.07, 6.45) is -3.58. The summed E-state index contributed by atoms with van der Waals surface area (Å²) in [6, 6.07) is 1.09. The van der Waals surface area contributed by atoms with Crippen LogP contribution in [0.5, 0.6) is 0 Å². The number of aromatic amines is 1.